The quantitative estimate of drug-likeness (QED) is 0.263. The molecule has 0 spiro atoms. The molecule has 1 fully saturated rings. The lowest BCUT2D eigenvalue weighted by atomic mass is 9.95. The molecule has 164 valence electrons. The van der Waals surface area contributed by atoms with Crippen LogP contribution in [0.15, 0.2) is 78.4 Å². The number of aromatic hydroxyl groups is 1. The Morgan fingerprint density at radius 2 is 1.76 bits per heavy atom. The van der Waals surface area contributed by atoms with E-state index in [9.17, 15) is 19.8 Å². The summed E-state index contributed by atoms with van der Waals surface area (Å²) in [5.41, 5.74) is 1.54. The third-order valence-electron chi connectivity index (χ3n) is 5.50. The number of ketones is 1. The Balaban J connectivity index is 1.76. The predicted octanol–water partition coefficient (Wildman–Crippen LogP) is 4.64. The molecule has 1 aliphatic heterocycles. The Hall–Kier alpha value is -4.17. The molecule has 1 amide bonds. The van der Waals surface area contributed by atoms with Gasteiger partial charge in [0.1, 0.15) is 5.76 Å². The van der Waals surface area contributed by atoms with Crippen LogP contribution in [0.5, 0.6) is 11.5 Å². The Labute approximate surface area is 192 Å². The number of methoxy groups -OCH3 is 1. The first kappa shape index (κ1) is 20.7. The highest BCUT2D eigenvalue weighted by Gasteiger charge is 2.48. The number of aromatic nitrogens is 1. The Kier molecular flexibility index (Phi) is 5.07. The molecule has 0 unspecified atom stereocenters. The number of nitrogens with zero attached hydrogens (tertiary/aromatic N) is 2. The number of Topliss-reactive ketones (excluding diaryl/α,β-unsaturated/α-hetero) is 1. The molecule has 3 aromatic carbocycles. The number of aliphatic hydroxyl groups excluding tert-OH is 1. The second-order valence-electron chi connectivity index (χ2n) is 7.43. The fourth-order valence-electron chi connectivity index (χ4n) is 3.92. The number of carbonyl (C=O) groups is 2. The van der Waals surface area contributed by atoms with Crippen molar-refractivity contribution in [3.8, 4) is 11.5 Å². The predicted molar refractivity (Wildman–Crippen MR) is 126 cm³/mol. The van der Waals surface area contributed by atoms with Gasteiger partial charge in [0, 0.05) is 5.56 Å². The van der Waals surface area contributed by atoms with Crippen LogP contribution in [-0.2, 0) is 9.59 Å². The monoisotopic (exact) mass is 458 g/mol. The van der Waals surface area contributed by atoms with Crippen LogP contribution in [0, 0.1) is 0 Å². The SMILES string of the molecule is COc1cc([C@H]2C(=C(O)c3ccccc3)C(=O)C(=O)N2c2nc3ccccc3s2)ccc1O. The summed E-state index contributed by atoms with van der Waals surface area (Å²) in [5, 5.41) is 21.5. The number of amides is 1. The number of carbonyl (C=O) groups excluding carboxylic acids is 2. The minimum atomic E-state index is -0.958. The maximum atomic E-state index is 13.3. The molecule has 2 heterocycles. The molecular formula is C25H18N2O5S. The van der Waals surface area contributed by atoms with E-state index in [2.05, 4.69) is 4.98 Å². The first-order valence-corrected chi connectivity index (χ1v) is 10.9. The first-order chi connectivity index (χ1) is 16.0. The van der Waals surface area contributed by atoms with Crippen molar-refractivity contribution in [1.82, 2.24) is 4.98 Å². The average Bonchev–Trinajstić information content (AvgIpc) is 3.38. The molecule has 0 radical (unpaired) electrons. The molecule has 7 nitrogen and oxygen atoms in total. The van der Waals surface area contributed by atoms with Gasteiger partial charge >= 0.3 is 5.91 Å². The van der Waals surface area contributed by atoms with Crippen molar-refractivity contribution in [2.75, 3.05) is 12.0 Å². The van der Waals surface area contributed by atoms with Gasteiger partial charge in [0.25, 0.3) is 5.78 Å². The van der Waals surface area contributed by atoms with E-state index >= 15 is 0 Å². The number of fused-ring (bicyclic) bond motifs is 1. The Morgan fingerprint density at radius 3 is 2.48 bits per heavy atom. The van der Waals surface area contributed by atoms with Gasteiger partial charge in [-0.25, -0.2) is 4.98 Å². The molecule has 0 aliphatic carbocycles. The lowest BCUT2D eigenvalue weighted by Crippen LogP contribution is -2.29. The third kappa shape index (κ3) is 3.41. The summed E-state index contributed by atoms with van der Waals surface area (Å²) in [7, 11) is 1.41. The van der Waals surface area contributed by atoms with E-state index in [1.165, 1.54) is 29.4 Å². The number of anilines is 1. The lowest BCUT2D eigenvalue weighted by molar-refractivity contribution is -0.132. The van der Waals surface area contributed by atoms with E-state index in [-0.39, 0.29) is 22.8 Å². The second kappa shape index (κ2) is 8.07. The molecule has 1 aliphatic rings. The zero-order valence-corrected chi connectivity index (χ0v) is 18.2. The van der Waals surface area contributed by atoms with Crippen LogP contribution in [0.3, 0.4) is 0 Å². The standard InChI is InChI=1S/C25H18N2O5S/c1-32-18-13-15(11-12-17(18)28)21-20(22(29)14-7-3-2-4-8-14)23(30)24(31)27(21)25-26-16-9-5-6-10-19(16)33-25/h2-13,21,28-29H,1H3/t21-/m0/s1. The number of rotatable bonds is 4. The topological polar surface area (TPSA) is 100.0 Å². The molecule has 2 N–H and O–H groups in total. The van der Waals surface area contributed by atoms with Crippen LogP contribution in [0.4, 0.5) is 5.13 Å². The highest BCUT2D eigenvalue weighted by Crippen LogP contribution is 2.45. The van der Waals surface area contributed by atoms with E-state index in [0.29, 0.717) is 21.8 Å². The number of thiazole rings is 1. The number of hydrogen-bond acceptors (Lipinski definition) is 7. The van der Waals surface area contributed by atoms with E-state index < -0.39 is 17.7 Å². The third-order valence-corrected chi connectivity index (χ3v) is 6.54. The van der Waals surface area contributed by atoms with Crippen LogP contribution in [0.2, 0.25) is 0 Å². The van der Waals surface area contributed by atoms with Crippen molar-refractivity contribution < 1.29 is 24.5 Å². The summed E-state index contributed by atoms with van der Waals surface area (Å²) < 4.78 is 6.10. The molecule has 33 heavy (non-hydrogen) atoms. The van der Waals surface area contributed by atoms with Crippen LogP contribution in [-0.4, -0.2) is 34.0 Å². The van der Waals surface area contributed by atoms with Crippen molar-refractivity contribution in [3.05, 3.63) is 89.5 Å². The van der Waals surface area contributed by atoms with E-state index in [1.807, 2.05) is 24.3 Å². The smallest absolute Gasteiger partial charge is 0.301 e. The van der Waals surface area contributed by atoms with Gasteiger partial charge in [-0.1, -0.05) is 59.9 Å². The van der Waals surface area contributed by atoms with Crippen LogP contribution in [0.1, 0.15) is 17.2 Å². The normalized spacial score (nSPS) is 17.6. The number of benzene rings is 3. The van der Waals surface area contributed by atoms with Gasteiger partial charge in [-0.15, -0.1) is 0 Å². The van der Waals surface area contributed by atoms with Crippen LogP contribution < -0.4 is 9.64 Å². The number of phenolic OH excluding ortho intramolecular Hbond substituents is 1. The molecule has 5 rings (SSSR count). The second-order valence-corrected chi connectivity index (χ2v) is 8.44. The average molecular weight is 458 g/mol. The number of phenols is 1. The van der Waals surface area contributed by atoms with E-state index in [4.69, 9.17) is 4.74 Å². The highest BCUT2D eigenvalue weighted by molar-refractivity contribution is 7.22. The summed E-state index contributed by atoms with van der Waals surface area (Å²) in [5.74, 6) is -1.78. The molecule has 0 bridgehead atoms. The largest absolute Gasteiger partial charge is 0.507 e. The minimum absolute atomic E-state index is 0.0572. The first-order valence-electron chi connectivity index (χ1n) is 10.1. The number of hydrogen-bond donors (Lipinski definition) is 2. The van der Waals surface area contributed by atoms with Gasteiger partial charge in [0.2, 0.25) is 0 Å². The fraction of sp³-hybridized carbons (Fsp3) is 0.0800. The maximum absolute atomic E-state index is 13.3. The van der Waals surface area contributed by atoms with Crippen LogP contribution >= 0.6 is 11.3 Å². The molecule has 8 heteroatoms. The van der Waals surface area contributed by atoms with Crippen molar-refractivity contribution in [1.29, 1.82) is 0 Å². The van der Waals surface area contributed by atoms with Crippen molar-refractivity contribution in [2.45, 2.75) is 6.04 Å². The van der Waals surface area contributed by atoms with Gasteiger partial charge in [-0.3, -0.25) is 14.5 Å². The Morgan fingerprint density at radius 1 is 1.03 bits per heavy atom. The number of para-hydroxylation sites is 1. The van der Waals surface area contributed by atoms with Crippen molar-refractivity contribution >= 4 is 44.1 Å². The summed E-state index contributed by atoms with van der Waals surface area (Å²) in [6.07, 6.45) is 0. The maximum Gasteiger partial charge on any atom is 0.301 e. The summed E-state index contributed by atoms with van der Waals surface area (Å²) in [6.45, 7) is 0. The van der Waals surface area contributed by atoms with Crippen LogP contribution in [0.25, 0.3) is 16.0 Å². The van der Waals surface area contributed by atoms with Gasteiger partial charge < -0.3 is 14.9 Å². The zero-order chi connectivity index (χ0) is 23.1. The molecule has 1 aromatic heterocycles. The zero-order valence-electron chi connectivity index (χ0n) is 17.4. The lowest BCUT2D eigenvalue weighted by Gasteiger charge is -2.23. The van der Waals surface area contributed by atoms with Crippen molar-refractivity contribution in [2.24, 2.45) is 0 Å². The number of ether oxygens (including phenoxy) is 1. The molecule has 1 saturated heterocycles. The molecule has 0 saturated carbocycles. The fourth-order valence-corrected chi connectivity index (χ4v) is 4.92. The van der Waals surface area contributed by atoms with Gasteiger partial charge in [0.15, 0.2) is 16.6 Å². The summed E-state index contributed by atoms with van der Waals surface area (Å²) in [6, 6.07) is 19.6. The minimum Gasteiger partial charge on any atom is -0.507 e. The highest BCUT2D eigenvalue weighted by atomic mass is 32.1. The number of aliphatic hydroxyl groups is 1. The van der Waals surface area contributed by atoms with E-state index in [1.54, 1.807) is 42.5 Å². The summed E-state index contributed by atoms with van der Waals surface area (Å²) in [4.78, 5) is 32.3. The Bertz CT molecular complexity index is 1390. The van der Waals surface area contributed by atoms with Gasteiger partial charge in [0.05, 0.1) is 28.9 Å². The van der Waals surface area contributed by atoms with Crippen molar-refractivity contribution in [3.63, 3.8) is 0 Å². The molecule has 4 aromatic rings. The van der Waals surface area contributed by atoms with Gasteiger partial charge in [-0.05, 0) is 29.8 Å². The molecular weight excluding hydrogens is 440 g/mol. The summed E-state index contributed by atoms with van der Waals surface area (Å²) >= 11 is 1.28. The molecule has 1 atom stereocenters. The van der Waals surface area contributed by atoms with Gasteiger partial charge in [-0.2, -0.15) is 0 Å². The van der Waals surface area contributed by atoms with E-state index in [0.717, 1.165) is 4.70 Å².